The molecule has 0 spiro atoms. The van der Waals surface area contributed by atoms with E-state index in [-0.39, 0.29) is 24.1 Å². The third-order valence-electron chi connectivity index (χ3n) is 5.55. The summed E-state index contributed by atoms with van der Waals surface area (Å²) in [5, 5.41) is 9.07. The van der Waals surface area contributed by atoms with Crippen LogP contribution in [0.15, 0.2) is 53.6 Å². The number of carbonyl (C=O) groups excluding carboxylic acids is 1. The van der Waals surface area contributed by atoms with Gasteiger partial charge in [0.15, 0.2) is 0 Å². The van der Waals surface area contributed by atoms with Crippen LogP contribution in [0, 0.1) is 0 Å². The summed E-state index contributed by atoms with van der Waals surface area (Å²) in [6, 6.07) is 11.5. The van der Waals surface area contributed by atoms with Gasteiger partial charge in [0.05, 0.1) is 11.1 Å². The van der Waals surface area contributed by atoms with Gasteiger partial charge in [-0.1, -0.05) is 49.9 Å². The Bertz CT molecular complexity index is 1040. The molecule has 1 aliphatic carbocycles. The Kier molecular flexibility index (Phi) is 5.98. The van der Waals surface area contributed by atoms with Crippen LogP contribution >= 0.6 is 0 Å². The molecule has 150 valence electrons. The van der Waals surface area contributed by atoms with Crippen molar-refractivity contribution in [3.05, 3.63) is 70.4 Å². The minimum absolute atomic E-state index is 0.0553. The van der Waals surface area contributed by atoms with Gasteiger partial charge in [0.1, 0.15) is 6.54 Å². The maximum Gasteiger partial charge on any atom is 0.275 e. The van der Waals surface area contributed by atoms with E-state index in [0.29, 0.717) is 11.8 Å². The highest BCUT2D eigenvalue weighted by atomic mass is 16.2. The number of fused-ring (bicyclic) bond motifs is 1. The summed E-state index contributed by atoms with van der Waals surface area (Å²) in [6.07, 6.45) is 10.9. The van der Waals surface area contributed by atoms with Crippen molar-refractivity contribution in [2.75, 3.05) is 0 Å². The van der Waals surface area contributed by atoms with Crippen molar-refractivity contribution in [2.24, 2.45) is 0 Å². The first kappa shape index (κ1) is 19.3. The number of nitrogens with zero attached hydrogens (tertiary/aromatic N) is 3. The first-order valence-corrected chi connectivity index (χ1v) is 10.4. The normalized spacial score (nSPS) is 15.2. The monoisotopic (exact) mass is 390 g/mol. The Morgan fingerprint density at radius 1 is 1.03 bits per heavy atom. The maximum absolute atomic E-state index is 12.9. The van der Waals surface area contributed by atoms with Gasteiger partial charge in [-0.3, -0.25) is 14.6 Å². The highest BCUT2D eigenvalue weighted by Gasteiger charge is 2.17. The first-order valence-electron chi connectivity index (χ1n) is 10.4. The van der Waals surface area contributed by atoms with E-state index in [9.17, 15) is 9.59 Å². The number of hydrogen-bond acceptors (Lipinski definition) is 4. The molecule has 2 aromatic heterocycles. The van der Waals surface area contributed by atoms with Crippen molar-refractivity contribution < 1.29 is 4.79 Å². The summed E-state index contributed by atoms with van der Waals surface area (Å²) in [6.45, 7) is -0.0553. The highest BCUT2D eigenvalue weighted by molar-refractivity contribution is 5.84. The lowest BCUT2D eigenvalue weighted by Gasteiger charge is -2.17. The maximum atomic E-state index is 12.9. The van der Waals surface area contributed by atoms with Crippen LogP contribution in [0.5, 0.6) is 0 Å². The van der Waals surface area contributed by atoms with Crippen LogP contribution in [0.1, 0.15) is 49.8 Å². The van der Waals surface area contributed by atoms with E-state index in [1.165, 1.54) is 17.5 Å². The molecule has 1 aliphatic rings. The molecule has 0 aliphatic heterocycles. The number of pyridine rings is 1. The Balaban J connectivity index is 1.61. The lowest BCUT2D eigenvalue weighted by molar-refractivity contribution is -0.122. The van der Waals surface area contributed by atoms with Gasteiger partial charge in [0.25, 0.3) is 5.56 Å². The number of amides is 1. The third-order valence-corrected chi connectivity index (χ3v) is 5.55. The third kappa shape index (κ3) is 4.70. The fraction of sp³-hybridized carbons (Fsp3) is 0.391. The minimum atomic E-state index is -0.230. The Morgan fingerprint density at radius 3 is 2.52 bits per heavy atom. The summed E-state index contributed by atoms with van der Waals surface area (Å²) < 4.78 is 1.31. The Morgan fingerprint density at radius 2 is 1.79 bits per heavy atom. The highest BCUT2D eigenvalue weighted by Crippen LogP contribution is 2.18. The molecule has 6 heteroatoms. The smallest absolute Gasteiger partial charge is 0.275 e. The van der Waals surface area contributed by atoms with Crippen LogP contribution in [0.2, 0.25) is 0 Å². The minimum Gasteiger partial charge on any atom is -0.352 e. The molecule has 1 aromatic carbocycles. The second-order valence-corrected chi connectivity index (χ2v) is 7.75. The molecule has 29 heavy (non-hydrogen) atoms. The van der Waals surface area contributed by atoms with Crippen molar-refractivity contribution in [1.82, 2.24) is 20.1 Å². The molecule has 0 atom stereocenters. The molecule has 2 heterocycles. The second kappa shape index (κ2) is 8.99. The van der Waals surface area contributed by atoms with E-state index in [4.69, 9.17) is 0 Å². The van der Waals surface area contributed by atoms with Crippen molar-refractivity contribution >= 4 is 16.7 Å². The largest absolute Gasteiger partial charge is 0.352 e. The lowest BCUT2D eigenvalue weighted by Crippen LogP contribution is -2.39. The lowest BCUT2D eigenvalue weighted by atomic mass is 10.1. The number of carbonyl (C=O) groups is 1. The predicted octanol–water partition coefficient (Wildman–Crippen LogP) is 3.22. The summed E-state index contributed by atoms with van der Waals surface area (Å²) in [5.74, 6) is -0.144. The molecule has 4 rings (SSSR count). The zero-order valence-electron chi connectivity index (χ0n) is 16.5. The van der Waals surface area contributed by atoms with Crippen LogP contribution < -0.4 is 10.9 Å². The van der Waals surface area contributed by atoms with Crippen molar-refractivity contribution in [1.29, 1.82) is 0 Å². The van der Waals surface area contributed by atoms with E-state index < -0.39 is 0 Å². The Hall–Kier alpha value is -3.02. The number of benzene rings is 1. The molecule has 1 N–H and O–H groups in total. The van der Waals surface area contributed by atoms with Crippen LogP contribution in [-0.4, -0.2) is 26.7 Å². The SMILES string of the molecule is O=C(Cn1nc(Cc2cccnc2)c2ccccc2c1=O)NC1CCCCCC1. The molecule has 1 amide bonds. The zero-order chi connectivity index (χ0) is 20.1. The van der Waals surface area contributed by atoms with Gasteiger partial charge in [0.2, 0.25) is 5.91 Å². The standard InChI is InChI=1S/C23H26N4O2/c28-22(25-18-9-3-1-2-4-10-18)16-27-23(29)20-12-6-5-11-19(20)21(26-27)14-17-8-7-13-24-15-17/h5-8,11-13,15,18H,1-4,9-10,14,16H2,(H,25,28). The molecule has 0 radical (unpaired) electrons. The van der Waals surface area contributed by atoms with Crippen LogP contribution in [0.4, 0.5) is 0 Å². The van der Waals surface area contributed by atoms with E-state index >= 15 is 0 Å². The van der Waals surface area contributed by atoms with Gasteiger partial charge in [-0.15, -0.1) is 0 Å². The number of rotatable bonds is 5. The van der Waals surface area contributed by atoms with Crippen molar-refractivity contribution in [3.63, 3.8) is 0 Å². The molecular weight excluding hydrogens is 364 g/mol. The van der Waals surface area contributed by atoms with Crippen LogP contribution in [-0.2, 0) is 17.8 Å². The van der Waals surface area contributed by atoms with Gasteiger partial charge >= 0.3 is 0 Å². The molecular formula is C23H26N4O2. The molecule has 0 unspecified atom stereocenters. The molecule has 3 aromatic rings. The van der Waals surface area contributed by atoms with Gasteiger partial charge in [-0.2, -0.15) is 5.10 Å². The topological polar surface area (TPSA) is 76.9 Å². The summed E-state index contributed by atoms with van der Waals surface area (Å²) >= 11 is 0. The van der Waals surface area contributed by atoms with Gasteiger partial charge in [-0.05, 0) is 30.5 Å². The summed E-state index contributed by atoms with van der Waals surface area (Å²) in [7, 11) is 0. The van der Waals surface area contributed by atoms with Crippen LogP contribution in [0.3, 0.4) is 0 Å². The fourth-order valence-corrected chi connectivity index (χ4v) is 4.07. The van der Waals surface area contributed by atoms with E-state index in [1.54, 1.807) is 18.5 Å². The molecule has 0 bridgehead atoms. The zero-order valence-corrected chi connectivity index (χ0v) is 16.5. The number of hydrogen-bond donors (Lipinski definition) is 1. The van der Waals surface area contributed by atoms with Crippen LogP contribution in [0.25, 0.3) is 10.8 Å². The molecule has 0 saturated heterocycles. The van der Waals surface area contributed by atoms with E-state index in [1.807, 2.05) is 30.3 Å². The average Bonchev–Trinajstić information content (AvgIpc) is 3.01. The summed E-state index contributed by atoms with van der Waals surface area (Å²) in [5.41, 5.74) is 1.56. The molecule has 6 nitrogen and oxygen atoms in total. The quantitative estimate of drug-likeness (QED) is 0.679. The molecule has 1 fully saturated rings. The van der Waals surface area contributed by atoms with Gasteiger partial charge < -0.3 is 5.32 Å². The second-order valence-electron chi connectivity index (χ2n) is 7.75. The van der Waals surface area contributed by atoms with E-state index in [0.717, 1.165) is 42.3 Å². The average molecular weight is 390 g/mol. The fourth-order valence-electron chi connectivity index (χ4n) is 4.07. The van der Waals surface area contributed by atoms with Gasteiger partial charge in [-0.25, -0.2) is 4.68 Å². The first-order chi connectivity index (χ1) is 14.2. The van der Waals surface area contributed by atoms with Crippen molar-refractivity contribution in [3.8, 4) is 0 Å². The van der Waals surface area contributed by atoms with E-state index in [2.05, 4.69) is 15.4 Å². The number of aromatic nitrogens is 3. The summed E-state index contributed by atoms with van der Waals surface area (Å²) in [4.78, 5) is 29.7. The predicted molar refractivity (Wildman–Crippen MR) is 113 cm³/mol. The Labute approximate surface area is 170 Å². The number of nitrogens with one attached hydrogen (secondary N) is 1. The van der Waals surface area contributed by atoms with Crippen molar-refractivity contribution in [2.45, 2.75) is 57.5 Å². The van der Waals surface area contributed by atoms with Gasteiger partial charge in [0, 0.05) is 30.2 Å². The molecule has 1 saturated carbocycles.